The van der Waals surface area contributed by atoms with Gasteiger partial charge in [-0.25, -0.2) is 4.98 Å². The fourth-order valence-electron chi connectivity index (χ4n) is 1.90. The van der Waals surface area contributed by atoms with Gasteiger partial charge in [0.2, 0.25) is 0 Å². The molecule has 1 aromatic heterocycles. The first-order valence-electron chi connectivity index (χ1n) is 5.69. The van der Waals surface area contributed by atoms with Crippen LogP contribution >= 0.6 is 0 Å². The molecule has 1 saturated heterocycles. The fraction of sp³-hybridized carbons (Fsp3) is 0.727. The normalized spacial score (nSPS) is 21.7. The van der Waals surface area contributed by atoms with Crippen LogP contribution < -0.4 is 5.32 Å². The lowest BCUT2D eigenvalue weighted by Gasteiger charge is -2.22. The molecule has 1 N–H and O–H groups in total. The summed E-state index contributed by atoms with van der Waals surface area (Å²) >= 11 is 0. The van der Waals surface area contributed by atoms with Crippen LogP contribution in [0.2, 0.25) is 0 Å². The Morgan fingerprint density at radius 1 is 1.53 bits per heavy atom. The van der Waals surface area contributed by atoms with Crippen LogP contribution in [0.1, 0.15) is 12.8 Å². The van der Waals surface area contributed by atoms with Crippen molar-refractivity contribution in [1.29, 1.82) is 0 Å². The van der Waals surface area contributed by atoms with Gasteiger partial charge in [-0.1, -0.05) is 0 Å². The molecule has 1 aliphatic rings. The van der Waals surface area contributed by atoms with E-state index in [1.165, 1.54) is 12.8 Å². The van der Waals surface area contributed by atoms with Crippen LogP contribution in [0.4, 0.5) is 0 Å². The van der Waals surface area contributed by atoms with Gasteiger partial charge in [-0.15, -0.1) is 0 Å². The zero-order valence-electron chi connectivity index (χ0n) is 9.06. The van der Waals surface area contributed by atoms with Crippen LogP contribution in [0.15, 0.2) is 18.7 Å². The van der Waals surface area contributed by atoms with Gasteiger partial charge in [0, 0.05) is 38.6 Å². The lowest BCUT2D eigenvalue weighted by molar-refractivity contribution is 0.0548. The van der Waals surface area contributed by atoms with E-state index < -0.39 is 0 Å². The second-order valence-electron chi connectivity index (χ2n) is 4.09. The van der Waals surface area contributed by atoms with E-state index in [1.807, 2.05) is 18.7 Å². The highest BCUT2D eigenvalue weighted by Gasteiger charge is 2.12. The van der Waals surface area contributed by atoms with E-state index in [-0.39, 0.29) is 0 Å². The van der Waals surface area contributed by atoms with Gasteiger partial charge in [0.25, 0.3) is 0 Å². The predicted molar refractivity (Wildman–Crippen MR) is 58.6 cm³/mol. The van der Waals surface area contributed by atoms with Gasteiger partial charge < -0.3 is 14.6 Å². The van der Waals surface area contributed by atoms with Crippen LogP contribution in [0.3, 0.4) is 0 Å². The maximum Gasteiger partial charge on any atom is 0.0946 e. The molecule has 84 valence electrons. The first kappa shape index (κ1) is 10.6. The van der Waals surface area contributed by atoms with E-state index in [0.717, 1.165) is 32.8 Å². The summed E-state index contributed by atoms with van der Waals surface area (Å²) in [5.41, 5.74) is 0. The van der Waals surface area contributed by atoms with Gasteiger partial charge >= 0.3 is 0 Å². The highest BCUT2D eigenvalue weighted by molar-refractivity contribution is 4.74. The SMILES string of the molecule is c1cn(CCNCC2CCCOC2)cn1. The molecule has 0 bridgehead atoms. The molecular weight excluding hydrogens is 190 g/mol. The molecule has 0 aromatic carbocycles. The molecule has 0 saturated carbocycles. The largest absolute Gasteiger partial charge is 0.381 e. The Bertz CT molecular complexity index is 255. The molecule has 0 aliphatic carbocycles. The summed E-state index contributed by atoms with van der Waals surface area (Å²) < 4.78 is 7.52. The van der Waals surface area contributed by atoms with Crippen LogP contribution in [0, 0.1) is 5.92 Å². The molecule has 0 amide bonds. The molecular formula is C11H19N3O. The number of aromatic nitrogens is 2. The van der Waals surface area contributed by atoms with Gasteiger partial charge in [0.15, 0.2) is 0 Å². The minimum Gasteiger partial charge on any atom is -0.381 e. The van der Waals surface area contributed by atoms with Crippen molar-refractivity contribution < 1.29 is 4.74 Å². The first-order valence-corrected chi connectivity index (χ1v) is 5.69. The summed E-state index contributed by atoms with van der Waals surface area (Å²) in [6.07, 6.45) is 8.18. The van der Waals surface area contributed by atoms with Crippen LogP contribution in [0.25, 0.3) is 0 Å². The third-order valence-electron chi connectivity index (χ3n) is 2.79. The van der Waals surface area contributed by atoms with E-state index >= 15 is 0 Å². The Morgan fingerprint density at radius 2 is 2.53 bits per heavy atom. The second-order valence-corrected chi connectivity index (χ2v) is 4.09. The van der Waals surface area contributed by atoms with E-state index in [2.05, 4.69) is 14.9 Å². The maximum atomic E-state index is 5.43. The van der Waals surface area contributed by atoms with Crippen molar-refractivity contribution in [2.75, 3.05) is 26.3 Å². The summed E-state index contributed by atoms with van der Waals surface area (Å²) in [5, 5.41) is 3.46. The van der Waals surface area contributed by atoms with Crippen LogP contribution in [-0.4, -0.2) is 35.9 Å². The van der Waals surface area contributed by atoms with Crippen molar-refractivity contribution in [1.82, 2.24) is 14.9 Å². The van der Waals surface area contributed by atoms with Gasteiger partial charge in [-0.05, 0) is 18.8 Å². The second kappa shape index (κ2) is 5.88. The average molecular weight is 209 g/mol. The number of rotatable bonds is 5. The zero-order chi connectivity index (χ0) is 10.3. The molecule has 4 heteroatoms. The summed E-state index contributed by atoms with van der Waals surface area (Å²) in [7, 11) is 0. The van der Waals surface area contributed by atoms with Crippen molar-refractivity contribution in [2.24, 2.45) is 5.92 Å². The minimum atomic E-state index is 0.710. The van der Waals surface area contributed by atoms with E-state index in [0.29, 0.717) is 5.92 Å². The molecule has 2 rings (SSSR count). The molecule has 0 radical (unpaired) electrons. The molecule has 0 spiro atoms. The molecule has 4 nitrogen and oxygen atoms in total. The van der Waals surface area contributed by atoms with E-state index in [9.17, 15) is 0 Å². The van der Waals surface area contributed by atoms with Crippen molar-refractivity contribution >= 4 is 0 Å². The van der Waals surface area contributed by atoms with Gasteiger partial charge in [0.05, 0.1) is 12.9 Å². The third-order valence-corrected chi connectivity index (χ3v) is 2.79. The third kappa shape index (κ3) is 3.64. The van der Waals surface area contributed by atoms with Crippen molar-refractivity contribution in [3.63, 3.8) is 0 Å². The van der Waals surface area contributed by atoms with Crippen molar-refractivity contribution in [3.8, 4) is 0 Å². The van der Waals surface area contributed by atoms with Crippen LogP contribution in [-0.2, 0) is 11.3 Å². The molecule has 2 heterocycles. The molecule has 1 aromatic rings. The summed E-state index contributed by atoms with van der Waals surface area (Å²) in [5.74, 6) is 0.710. The maximum absolute atomic E-state index is 5.43. The quantitative estimate of drug-likeness (QED) is 0.732. The summed E-state index contributed by atoms with van der Waals surface area (Å²) in [6, 6.07) is 0. The number of ether oxygens (including phenoxy) is 1. The lowest BCUT2D eigenvalue weighted by atomic mass is 10.0. The number of imidazole rings is 1. The molecule has 1 aliphatic heterocycles. The number of hydrogen-bond acceptors (Lipinski definition) is 3. The topological polar surface area (TPSA) is 39.1 Å². The zero-order valence-corrected chi connectivity index (χ0v) is 9.06. The van der Waals surface area contributed by atoms with Crippen molar-refractivity contribution in [3.05, 3.63) is 18.7 Å². The van der Waals surface area contributed by atoms with Crippen molar-refractivity contribution in [2.45, 2.75) is 19.4 Å². The Balaban J connectivity index is 1.54. The Kier molecular flexibility index (Phi) is 4.17. The fourth-order valence-corrected chi connectivity index (χ4v) is 1.90. The van der Waals surface area contributed by atoms with Gasteiger partial charge in [-0.2, -0.15) is 0 Å². The van der Waals surface area contributed by atoms with E-state index in [1.54, 1.807) is 0 Å². The number of hydrogen-bond donors (Lipinski definition) is 1. The van der Waals surface area contributed by atoms with Crippen LogP contribution in [0.5, 0.6) is 0 Å². The summed E-state index contributed by atoms with van der Waals surface area (Å²) in [6.45, 7) is 4.96. The lowest BCUT2D eigenvalue weighted by Crippen LogP contribution is -2.30. The average Bonchev–Trinajstić information content (AvgIpc) is 2.79. The number of nitrogens with zero attached hydrogens (tertiary/aromatic N) is 2. The highest BCUT2D eigenvalue weighted by atomic mass is 16.5. The molecule has 1 fully saturated rings. The Hall–Kier alpha value is -0.870. The monoisotopic (exact) mass is 209 g/mol. The molecule has 1 atom stereocenters. The molecule has 1 unspecified atom stereocenters. The van der Waals surface area contributed by atoms with Gasteiger partial charge in [-0.3, -0.25) is 0 Å². The van der Waals surface area contributed by atoms with Gasteiger partial charge in [0.1, 0.15) is 0 Å². The number of nitrogens with one attached hydrogen (secondary N) is 1. The Labute approximate surface area is 90.6 Å². The minimum absolute atomic E-state index is 0.710. The first-order chi connectivity index (χ1) is 7.45. The Morgan fingerprint density at radius 3 is 3.27 bits per heavy atom. The molecule has 15 heavy (non-hydrogen) atoms. The summed E-state index contributed by atoms with van der Waals surface area (Å²) in [4.78, 5) is 4.01. The smallest absolute Gasteiger partial charge is 0.0946 e. The van der Waals surface area contributed by atoms with E-state index in [4.69, 9.17) is 4.74 Å². The highest BCUT2D eigenvalue weighted by Crippen LogP contribution is 2.11. The predicted octanol–water partition coefficient (Wildman–Crippen LogP) is 0.899. The standard InChI is InChI=1S/C11H19N3O/c1-2-11(9-15-7-1)8-12-3-5-14-6-4-13-10-14/h4,6,10-12H,1-3,5,7-9H2.